The maximum Gasteiger partial charge on any atom is 0.336 e. The van der Waals surface area contributed by atoms with Gasteiger partial charge in [-0.3, -0.25) is 0 Å². The Labute approximate surface area is 75.8 Å². The van der Waals surface area contributed by atoms with Gasteiger partial charge < -0.3 is 5.11 Å². The fraction of sp³-hybridized carbons (Fsp3) is 0.222. The van der Waals surface area contributed by atoms with E-state index in [2.05, 4.69) is 0 Å². The van der Waals surface area contributed by atoms with Crippen LogP contribution in [0.3, 0.4) is 0 Å². The first kappa shape index (κ1) is 9.07. The van der Waals surface area contributed by atoms with E-state index in [0.29, 0.717) is 21.7 Å². The van der Waals surface area contributed by atoms with Crippen LogP contribution >= 0.6 is 11.6 Å². The molecule has 0 aliphatic heterocycles. The van der Waals surface area contributed by atoms with E-state index in [9.17, 15) is 4.79 Å². The number of hydrogen-bond donors (Lipinski definition) is 1. The van der Waals surface area contributed by atoms with Gasteiger partial charge in [-0.05, 0) is 37.1 Å². The van der Waals surface area contributed by atoms with Crippen LogP contribution in [-0.4, -0.2) is 11.1 Å². The number of aryl methyl sites for hydroxylation is 2. The van der Waals surface area contributed by atoms with Gasteiger partial charge in [-0.15, -0.1) is 0 Å². The molecule has 0 atom stereocenters. The zero-order valence-electron chi connectivity index (χ0n) is 6.89. The minimum absolute atomic E-state index is 0.347. The Hall–Kier alpha value is -1.02. The Morgan fingerprint density at radius 3 is 2.08 bits per heavy atom. The topological polar surface area (TPSA) is 37.3 Å². The predicted octanol–water partition coefficient (Wildman–Crippen LogP) is 2.66. The molecule has 0 bridgehead atoms. The van der Waals surface area contributed by atoms with Gasteiger partial charge in [-0.25, -0.2) is 4.79 Å². The summed E-state index contributed by atoms with van der Waals surface area (Å²) in [4.78, 5) is 10.7. The molecular formula is C9H9ClO2. The van der Waals surface area contributed by atoms with Gasteiger partial charge in [0.2, 0.25) is 0 Å². The molecule has 0 aliphatic carbocycles. The lowest BCUT2D eigenvalue weighted by atomic mass is 10.0. The number of benzene rings is 1. The van der Waals surface area contributed by atoms with Gasteiger partial charge in [-0.1, -0.05) is 11.6 Å². The minimum atomic E-state index is -0.901. The average Bonchev–Trinajstić information content (AvgIpc) is 1.82. The zero-order valence-corrected chi connectivity index (χ0v) is 7.64. The molecule has 0 heterocycles. The van der Waals surface area contributed by atoms with Crippen molar-refractivity contribution in [2.24, 2.45) is 0 Å². The number of hydrogen-bond acceptors (Lipinski definition) is 1. The third-order valence-corrected chi connectivity index (χ3v) is 1.93. The Morgan fingerprint density at radius 1 is 1.33 bits per heavy atom. The van der Waals surface area contributed by atoms with Crippen molar-refractivity contribution in [1.29, 1.82) is 0 Å². The van der Waals surface area contributed by atoms with Gasteiger partial charge in [0.05, 0.1) is 5.56 Å². The highest BCUT2D eigenvalue weighted by molar-refractivity contribution is 6.30. The summed E-state index contributed by atoms with van der Waals surface area (Å²) in [5.74, 6) is -0.901. The van der Waals surface area contributed by atoms with Crippen molar-refractivity contribution in [3.63, 3.8) is 0 Å². The number of carbonyl (C=O) groups is 1. The Bertz CT molecular complexity index is 308. The fourth-order valence-electron chi connectivity index (χ4n) is 1.25. The van der Waals surface area contributed by atoms with Crippen LogP contribution in [0.25, 0.3) is 0 Å². The lowest BCUT2D eigenvalue weighted by Gasteiger charge is -2.04. The van der Waals surface area contributed by atoms with Gasteiger partial charge >= 0.3 is 5.97 Å². The van der Waals surface area contributed by atoms with Crippen LogP contribution in [-0.2, 0) is 0 Å². The molecule has 0 saturated heterocycles. The largest absolute Gasteiger partial charge is 0.478 e. The molecule has 12 heavy (non-hydrogen) atoms. The molecule has 0 aliphatic rings. The van der Waals surface area contributed by atoms with E-state index in [1.54, 1.807) is 26.0 Å². The lowest BCUT2D eigenvalue weighted by molar-refractivity contribution is 0.0695. The Kier molecular flexibility index (Phi) is 2.38. The summed E-state index contributed by atoms with van der Waals surface area (Å²) in [7, 11) is 0. The summed E-state index contributed by atoms with van der Waals surface area (Å²) in [6, 6.07) is 3.30. The molecule has 64 valence electrons. The highest BCUT2D eigenvalue weighted by Crippen LogP contribution is 2.19. The van der Waals surface area contributed by atoms with E-state index in [1.807, 2.05) is 0 Å². The van der Waals surface area contributed by atoms with Crippen molar-refractivity contribution in [1.82, 2.24) is 0 Å². The molecule has 1 rings (SSSR count). The van der Waals surface area contributed by atoms with Gasteiger partial charge in [0.15, 0.2) is 0 Å². The van der Waals surface area contributed by atoms with Crippen molar-refractivity contribution < 1.29 is 9.90 Å². The molecular weight excluding hydrogens is 176 g/mol. The molecule has 0 amide bonds. The molecule has 0 unspecified atom stereocenters. The second kappa shape index (κ2) is 3.15. The number of carboxylic acid groups (broad SMARTS) is 1. The summed E-state index contributed by atoms with van der Waals surface area (Å²) in [5.41, 5.74) is 1.75. The van der Waals surface area contributed by atoms with Crippen LogP contribution in [0.4, 0.5) is 0 Å². The molecule has 0 aromatic heterocycles. The molecule has 2 nitrogen and oxygen atoms in total. The van der Waals surface area contributed by atoms with Crippen molar-refractivity contribution in [2.75, 3.05) is 0 Å². The smallest absolute Gasteiger partial charge is 0.336 e. The molecule has 0 radical (unpaired) electrons. The fourth-order valence-corrected chi connectivity index (χ4v) is 1.58. The standard InChI is InChI=1S/C9H9ClO2/c1-5-3-7(10)4-6(2)8(5)9(11)12/h3-4H,1-2H3,(H,11,12). The van der Waals surface area contributed by atoms with E-state index >= 15 is 0 Å². The first-order valence-electron chi connectivity index (χ1n) is 3.52. The van der Waals surface area contributed by atoms with E-state index in [-0.39, 0.29) is 0 Å². The number of carboxylic acids is 1. The third kappa shape index (κ3) is 1.59. The van der Waals surface area contributed by atoms with E-state index in [0.717, 1.165) is 0 Å². The van der Waals surface area contributed by atoms with Crippen LogP contribution in [0.1, 0.15) is 21.5 Å². The summed E-state index contributed by atoms with van der Waals surface area (Å²) >= 11 is 5.73. The van der Waals surface area contributed by atoms with Crippen LogP contribution in [0.15, 0.2) is 12.1 Å². The highest BCUT2D eigenvalue weighted by Gasteiger charge is 2.10. The summed E-state index contributed by atoms with van der Waals surface area (Å²) in [6.45, 7) is 3.48. The van der Waals surface area contributed by atoms with Crippen molar-refractivity contribution in [2.45, 2.75) is 13.8 Å². The Balaban J connectivity index is 3.38. The lowest BCUT2D eigenvalue weighted by Crippen LogP contribution is -2.02. The van der Waals surface area contributed by atoms with E-state index in [4.69, 9.17) is 16.7 Å². The quantitative estimate of drug-likeness (QED) is 0.729. The molecule has 1 N–H and O–H groups in total. The van der Waals surface area contributed by atoms with E-state index < -0.39 is 5.97 Å². The van der Waals surface area contributed by atoms with Gasteiger partial charge in [-0.2, -0.15) is 0 Å². The van der Waals surface area contributed by atoms with Crippen molar-refractivity contribution in [3.8, 4) is 0 Å². The normalized spacial score (nSPS) is 9.92. The van der Waals surface area contributed by atoms with Crippen molar-refractivity contribution >= 4 is 17.6 Å². The van der Waals surface area contributed by atoms with Crippen LogP contribution in [0.2, 0.25) is 5.02 Å². The number of halogens is 1. The summed E-state index contributed by atoms with van der Waals surface area (Å²) in [6.07, 6.45) is 0. The second-order valence-corrected chi connectivity index (χ2v) is 3.16. The molecule has 0 saturated carbocycles. The minimum Gasteiger partial charge on any atom is -0.478 e. The first-order valence-corrected chi connectivity index (χ1v) is 3.90. The van der Waals surface area contributed by atoms with Crippen molar-refractivity contribution in [3.05, 3.63) is 33.8 Å². The summed E-state index contributed by atoms with van der Waals surface area (Å²) < 4.78 is 0. The van der Waals surface area contributed by atoms with Gasteiger partial charge in [0.1, 0.15) is 0 Å². The van der Waals surface area contributed by atoms with E-state index in [1.165, 1.54) is 0 Å². The SMILES string of the molecule is Cc1cc(Cl)cc(C)c1C(=O)O. The average molecular weight is 185 g/mol. The number of aromatic carboxylic acids is 1. The molecule has 0 fully saturated rings. The number of rotatable bonds is 1. The van der Waals surface area contributed by atoms with Crippen LogP contribution in [0, 0.1) is 13.8 Å². The van der Waals surface area contributed by atoms with Crippen LogP contribution in [0.5, 0.6) is 0 Å². The van der Waals surface area contributed by atoms with Gasteiger partial charge in [0.25, 0.3) is 0 Å². The monoisotopic (exact) mass is 184 g/mol. The molecule has 3 heteroatoms. The summed E-state index contributed by atoms with van der Waals surface area (Å²) in [5, 5.41) is 9.37. The van der Waals surface area contributed by atoms with Crippen LogP contribution < -0.4 is 0 Å². The second-order valence-electron chi connectivity index (χ2n) is 2.72. The van der Waals surface area contributed by atoms with Gasteiger partial charge in [0, 0.05) is 5.02 Å². The maximum atomic E-state index is 10.7. The molecule has 1 aromatic rings. The molecule has 0 spiro atoms. The maximum absolute atomic E-state index is 10.7. The zero-order chi connectivity index (χ0) is 9.30. The first-order chi connectivity index (χ1) is 5.52. The predicted molar refractivity (Wildman–Crippen MR) is 47.9 cm³/mol. The molecule has 1 aromatic carbocycles. The Morgan fingerprint density at radius 2 is 1.75 bits per heavy atom. The highest BCUT2D eigenvalue weighted by atomic mass is 35.5. The third-order valence-electron chi connectivity index (χ3n) is 1.71.